The smallest absolute Gasteiger partial charge is 0.175 e. The normalized spacial score (nSPS) is 13.2. The van der Waals surface area contributed by atoms with Gasteiger partial charge in [0.05, 0.1) is 4.90 Å². The van der Waals surface area contributed by atoms with Gasteiger partial charge in [-0.3, -0.25) is 0 Å². The Balaban J connectivity index is 2.77. The van der Waals surface area contributed by atoms with Crippen LogP contribution in [0.15, 0.2) is 21.4 Å². The SMILES string of the molecule is Fc1cc(F)c2c(c1F)SC=C=N2. The molecule has 0 bridgehead atoms. The number of thioether (sulfide) groups is 1. The quantitative estimate of drug-likeness (QED) is 0.587. The lowest BCUT2D eigenvalue weighted by atomic mass is 10.3. The minimum absolute atomic E-state index is 0.128. The van der Waals surface area contributed by atoms with Gasteiger partial charge in [0, 0.05) is 11.5 Å². The second kappa shape index (κ2) is 2.94. The average molecular weight is 201 g/mol. The minimum Gasteiger partial charge on any atom is -0.204 e. The highest BCUT2D eigenvalue weighted by Gasteiger charge is 2.19. The number of aliphatic imine (C=N–C) groups is 1. The van der Waals surface area contributed by atoms with Crippen molar-refractivity contribution in [1.29, 1.82) is 0 Å². The van der Waals surface area contributed by atoms with Gasteiger partial charge in [-0.15, -0.1) is 0 Å². The van der Waals surface area contributed by atoms with Gasteiger partial charge in [0.1, 0.15) is 5.69 Å². The van der Waals surface area contributed by atoms with Crippen molar-refractivity contribution in [3.63, 3.8) is 0 Å². The van der Waals surface area contributed by atoms with Gasteiger partial charge in [0.25, 0.3) is 0 Å². The Morgan fingerprint density at radius 3 is 2.77 bits per heavy atom. The van der Waals surface area contributed by atoms with Crippen LogP contribution in [-0.2, 0) is 0 Å². The molecule has 0 saturated carbocycles. The van der Waals surface area contributed by atoms with Gasteiger partial charge in [0.2, 0.25) is 0 Å². The molecule has 1 aliphatic heterocycles. The van der Waals surface area contributed by atoms with Crippen molar-refractivity contribution in [2.75, 3.05) is 0 Å². The Morgan fingerprint density at radius 2 is 2.00 bits per heavy atom. The van der Waals surface area contributed by atoms with E-state index in [1.165, 1.54) is 5.41 Å². The standard InChI is InChI=1S/C8H2F3NS/c9-4-3-5(10)7-8(6(4)11)13-2-1-12-7/h2-3H. The summed E-state index contributed by atoms with van der Waals surface area (Å²) in [6.07, 6.45) is 0. The van der Waals surface area contributed by atoms with Crippen LogP contribution in [0.1, 0.15) is 0 Å². The molecule has 66 valence electrons. The highest BCUT2D eigenvalue weighted by molar-refractivity contribution is 8.02. The third kappa shape index (κ3) is 1.26. The summed E-state index contributed by atoms with van der Waals surface area (Å²) in [6, 6.07) is 0.477. The van der Waals surface area contributed by atoms with E-state index in [2.05, 4.69) is 10.9 Å². The number of hydrogen-bond donors (Lipinski definition) is 0. The molecule has 1 aromatic carbocycles. The molecule has 1 aromatic rings. The molecule has 0 spiro atoms. The summed E-state index contributed by atoms with van der Waals surface area (Å²) < 4.78 is 38.6. The Hall–Kier alpha value is -1.19. The lowest BCUT2D eigenvalue weighted by Gasteiger charge is -2.06. The molecule has 0 fully saturated rings. The number of nitrogens with zero attached hydrogens (tertiary/aromatic N) is 1. The van der Waals surface area contributed by atoms with Gasteiger partial charge in [-0.2, -0.15) is 0 Å². The summed E-state index contributed by atoms with van der Waals surface area (Å²) in [5.74, 6) is -0.777. The maximum absolute atomic E-state index is 13.0. The topological polar surface area (TPSA) is 12.4 Å². The molecule has 0 saturated heterocycles. The van der Waals surface area contributed by atoms with E-state index in [9.17, 15) is 13.2 Å². The molecule has 1 aliphatic rings. The molecule has 0 amide bonds. The van der Waals surface area contributed by atoms with Gasteiger partial charge in [-0.1, -0.05) is 11.8 Å². The van der Waals surface area contributed by atoms with Crippen molar-refractivity contribution < 1.29 is 13.2 Å². The minimum atomic E-state index is -1.20. The van der Waals surface area contributed by atoms with Crippen LogP contribution in [0.25, 0.3) is 0 Å². The summed E-state index contributed by atoms with van der Waals surface area (Å²) >= 11 is 0.859. The zero-order valence-electron chi connectivity index (χ0n) is 6.14. The van der Waals surface area contributed by atoms with E-state index in [1.807, 2.05) is 0 Å². The molecule has 0 N–H and O–H groups in total. The van der Waals surface area contributed by atoms with E-state index >= 15 is 0 Å². The monoisotopic (exact) mass is 201 g/mol. The Labute approximate surface area is 76.0 Å². The molecule has 1 nitrogen and oxygen atoms in total. The van der Waals surface area contributed by atoms with Crippen LogP contribution in [0.2, 0.25) is 0 Å². The predicted octanol–water partition coefficient (Wildman–Crippen LogP) is 3.02. The van der Waals surface area contributed by atoms with E-state index in [4.69, 9.17) is 0 Å². The number of benzene rings is 1. The fourth-order valence-corrected chi connectivity index (χ4v) is 1.63. The number of hydrogen-bond acceptors (Lipinski definition) is 2. The molecule has 0 radical (unpaired) electrons. The van der Waals surface area contributed by atoms with Crippen LogP contribution in [0, 0.1) is 17.5 Å². The predicted molar refractivity (Wildman–Crippen MR) is 43.8 cm³/mol. The maximum Gasteiger partial charge on any atom is 0.175 e. The van der Waals surface area contributed by atoms with Gasteiger partial charge in [-0.25, -0.2) is 18.2 Å². The van der Waals surface area contributed by atoms with Gasteiger partial charge >= 0.3 is 0 Å². The van der Waals surface area contributed by atoms with E-state index < -0.39 is 17.5 Å². The molecule has 0 unspecified atom stereocenters. The first-order chi connectivity index (χ1) is 6.20. The molecule has 2 rings (SSSR count). The van der Waals surface area contributed by atoms with Gasteiger partial charge < -0.3 is 0 Å². The largest absolute Gasteiger partial charge is 0.204 e. The molecule has 0 atom stereocenters. The Bertz CT molecular complexity index is 436. The lowest BCUT2D eigenvalue weighted by Crippen LogP contribution is -1.93. The summed E-state index contributed by atoms with van der Waals surface area (Å²) in [5.41, 5.74) is -0.189. The highest BCUT2D eigenvalue weighted by Crippen LogP contribution is 2.37. The first-order valence-electron chi connectivity index (χ1n) is 3.32. The molecular formula is C8H2F3NS. The average Bonchev–Trinajstić information content (AvgIpc) is 2.15. The number of rotatable bonds is 0. The van der Waals surface area contributed by atoms with Gasteiger partial charge in [0.15, 0.2) is 17.5 Å². The zero-order chi connectivity index (χ0) is 9.42. The molecule has 5 heteroatoms. The van der Waals surface area contributed by atoms with Crippen molar-refractivity contribution in [3.05, 3.63) is 28.9 Å². The Morgan fingerprint density at radius 1 is 1.23 bits per heavy atom. The molecular weight excluding hydrogens is 199 g/mol. The highest BCUT2D eigenvalue weighted by atomic mass is 32.2. The van der Waals surface area contributed by atoms with E-state index in [0.29, 0.717) is 6.07 Å². The van der Waals surface area contributed by atoms with Crippen LogP contribution in [0.5, 0.6) is 0 Å². The van der Waals surface area contributed by atoms with Crippen molar-refractivity contribution >= 4 is 23.3 Å². The first kappa shape index (κ1) is 8.41. The molecule has 1 heterocycles. The van der Waals surface area contributed by atoms with Crippen molar-refractivity contribution in [2.24, 2.45) is 4.99 Å². The summed E-state index contributed by atoms with van der Waals surface area (Å²) in [6.45, 7) is 0. The van der Waals surface area contributed by atoms with Crippen LogP contribution < -0.4 is 0 Å². The lowest BCUT2D eigenvalue weighted by molar-refractivity contribution is 0.478. The fourth-order valence-electron chi connectivity index (χ4n) is 0.952. The number of fused-ring (bicyclic) bond motifs is 1. The zero-order valence-corrected chi connectivity index (χ0v) is 6.96. The van der Waals surface area contributed by atoms with E-state index in [0.717, 1.165) is 11.8 Å². The second-order valence-corrected chi connectivity index (χ2v) is 3.19. The van der Waals surface area contributed by atoms with Crippen LogP contribution in [-0.4, -0.2) is 5.87 Å². The van der Waals surface area contributed by atoms with Crippen molar-refractivity contribution in [3.8, 4) is 0 Å². The number of halogens is 3. The van der Waals surface area contributed by atoms with Crippen LogP contribution in [0.4, 0.5) is 18.9 Å². The fraction of sp³-hybridized carbons (Fsp3) is 0. The van der Waals surface area contributed by atoms with Crippen LogP contribution >= 0.6 is 11.8 Å². The molecule has 13 heavy (non-hydrogen) atoms. The first-order valence-corrected chi connectivity index (χ1v) is 4.20. The van der Waals surface area contributed by atoms with Crippen molar-refractivity contribution in [1.82, 2.24) is 0 Å². The molecule has 0 aliphatic carbocycles. The summed E-state index contributed by atoms with van der Waals surface area (Å²) in [4.78, 5) is 3.36. The van der Waals surface area contributed by atoms with Crippen LogP contribution in [0.3, 0.4) is 0 Å². The second-order valence-electron chi connectivity index (χ2n) is 2.31. The summed E-state index contributed by atoms with van der Waals surface area (Å²) in [5, 5.41) is 1.34. The third-order valence-electron chi connectivity index (χ3n) is 1.51. The van der Waals surface area contributed by atoms with Crippen molar-refractivity contribution in [2.45, 2.75) is 4.90 Å². The Kier molecular flexibility index (Phi) is 1.90. The van der Waals surface area contributed by atoms with Gasteiger partial charge in [-0.05, 0) is 5.87 Å². The maximum atomic E-state index is 13.0. The van der Waals surface area contributed by atoms with E-state index in [-0.39, 0.29) is 10.6 Å². The summed E-state index contributed by atoms with van der Waals surface area (Å²) in [7, 11) is 0. The van der Waals surface area contributed by atoms with E-state index in [1.54, 1.807) is 0 Å². The third-order valence-corrected chi connectivity index (χ3v) is 2.34. The molecule has 0 aromatic heterocycles.